The second kappa shape index (κ2) is 9.80. The molecule has 0 aliphatic rings. The second-order valence-corrected chi connectivity index (χ2v) is 10.7. The van der Waals surface area contributed by atoms with Crippen molar-refractivity contribution in [2.75, 3.05) is 26.5 Å². The molecule has 0 fully saturated rings. The van der Waals surface area contributed by atoms with Crippen LogP contribution in [0.1, 0.15) is 23.9 Å². The lowest BCUT2D eigenvalue weighted by Crippen LogP contribution is -2.22. The first kappa shape index (κ1) is 24.9. The molecule has 1 N–H and O–H groups in total. The summed E-state index contributed by atoms with van der Waals surface area (Å²) in [6.07, 6.45) is 2.65. The van der Waals surface area contributed by atoms with Crippen LogP contribution in [0.3, 0.4) is 0 Å². The number of rotatable bonds is 8. The van der Waals surface area contributed by atoms with Crippen molar-refractivity contribution < 1.29 is 13.2 Å². The molecule has 0 saturated heterocycles. The van der Waals surface area contributed by atoms with E-state index in [2.05, 4.69) is 28.4 Å². The van der Waals surface area contributed by atoms with Crippen LogP contribution in [0, 0.1) is 6.92 Å². The van der Waals surface area contributed by atoms with E-state index in [1.165, 1.54) is 21.2 Å². The fraction of sp³-hybridized carbons (Fsp3) is 0.292. The highest BCUT2D eigenvalue weighted by Crippen LogP contribution is 2.34. The van der Waals surface area contributed by atoms with Gasteiger partial charge in [-0.2, -0.15) is 5.10 Å². The number of hydrogen-bond acceptors (Lipinski definition) is 7. The lowest BCUT2D eigenvalue weighted by Gasteiger charge is -2.16. The van der Waals surface area contributed by atoms with Crippen LogP contribution in [0.25, 0.3) is 16.9 Å². The number of pyridine rings is 1. The first-order chi connectivity index (χ1) is 16.6. The number of hydrogen-bond donors (Lipinski definition) is 1. The van der Waals surface area contributed by atoms with Gasteiger partial charge in [-0.1, -0.05) is 18.5 Å². The quantitative estimate of drug-likeness (QED) is 0.376. The molecule has 0 aliphatic carbocycles. The molecular formula is C24H27ClN6O3S. The molecule has 0 bridgehead atoms. The molecule has 11 heteroatoms. The monoisotopic (exact) mass is 514 g/mol. The van der Waals surface area contributed by atoms with Crippen molar-refractivity contribution in [1.29, 1.82) is 0 Å². The van der Waals surface area contributed by atoms with Gasteiger partial charge in [-0.25, -0.2) is 22.2 Å². The zero-order valence-electron chi connectivity index (χ0n) is 20.2. The molecule has 4 aromatic rings. The molecule has 0 unspecified atom stereocenters. The number of halogens is 1. The Morgan fingerprint density at radius 1 is 1.17 bits per heavy atom. The highest BCUT2D eigenvalue weighted by molar-refractivity contribution is 7.89. The number of ether oxygens (including phenoxy) is 1. The molecule has 0 atom stereocenters. The van der Waals surface area contributed by atoms with Gasteiger partial charge in [-0.3, -0.25) is 4.98 Å². The predicted octanol–water partition coefficient (Wildman–Crippen LogP) is 4.19. The Hall–Kier alpha value is -3.21. The second-order valence-electron chi connectivity index (χ2n) is 8.18. The van der Waals surface area contributed by atoms with E-state index >= 15 is 0 Å². The number of anilines is 1. The number of sulfonamides is 1. The summed E-state index contributed by atoms with van der Waals surface area (Å²) in [6, 6.07) is 10.7. The van der Waals surface area contributed by atoms with E-state index in [4.69, 9.17) is 21.3 Å². The van der Waals surface area contributed by atoms with Gasteiger partial charge in [0.25, 0.3) is 0 Å². The van der Waals surface area contributed by atoms with Crippen molar-refractivity contribution in [2.45, 2.75) is 31.7 Å². The van der Waals surface area contributed by atoms with Crippen LogP contribution in [0.5, 0.6) is 5.75 Å². The van der Waals surface area contributed by atoms with Gasteiger partial charge in [0.15, 0.2) is 10.8 Å². The molecule has 0 radical (unpaired) electrons. The van der Waals surface area contributed by atoms with Gasteiger partial charge in [0.05, 0.1) is 24.2 Å². The molecule has 0 amide bonds. The SMILES string of the molecule is CCc1cc(CNc2cc(Cl)nn3c(-c4ccc(OC)c(S(=O)(=O)N(C)C)c4)c(C)nc23)ccn1. The Kier molecular flexibility index (Phi) is 6.98. The van der Waals surface area contributed by atoms with Crippen molar-refractivity contribution in [3.05, 3.63) is 64.7 Å². The largest absolute Gasteiger partial charge is 0.495 e. The molecular weight excluding hydrogens is 488 g/mol. The highest BCUT2D eigenvalue weighted by atomic mass is 35.5. The number of imidazole rings is 1. The summed E-state index contributed by atoms with van der Waals surface area (Å²) in [5.41, 5.74) is 5.34. The maximum absolute atomic E-state index is 12.9. The summed E-state index contributed by atoms with van der Waals surface area (Å²) in [6.45, 7) is 4.47. The molecule has 0 saturated carbocycles. The number of fused-ring (bicyclic) bond motifs is 1. The average Bonchev–Trinajstić information content (AvgIpc) is 3.17. The van der Waals surface area contributed by atoms with Gasteiger partial charge >= 0.3 is 0 Å². The molecule has 1 aromatic carbocycles. The molecule has 0 aliphatic heterocycles. The van der Waals surface area contributed by atoms with Crippen molar-refractivity contribution in [2.24, 2.45) is 0 Å². The number of methoxy groups -OCH3 is 1. The normalized spacial score (nSPS) is 11.9. The minimum Gasteiger partial charge on any atom is -0.495 e. The van der Waals surface area contributed by atoms with E-state index in [0.29, 0.717) is 34.8 Å². The molecule has 0 spiro atoms. The minimum atomic E-state index is -3.75. The van der Waals surface area contributed by atoms with Crippen LogP contribution >= 0.6 is 11.6 Å². The topological polar surface area (TPSA) is 102 Å². The van der Waals surface area contributed by atoms with Gasteiger partial charge in [-0.05, 0) is 49.2 Å². The van der Waals surface area contributed by atoms with Crippen LogP contribution in [0.15, 0.2) is 47.5 Å². The van der Waals surface area contributed by atoms with Gasteiger partial charge < -0.3 is 10.1 Å². The van der Waals surface area contributed by atoms with E-state index in [1.54, 1.807) is 35.0 Å². The van der Waals surface area contributed by atoms with Gasteiger partial charge in [0.1, 0.15) is 10.6 Å². The third-order valence-corrected chi connectivity index (χ3v) is 7.67. The van der Waals surface area contributed by atoms with Gasteiger partial charge in [-0.15, -0.1) is 0 Å². The van der Waals surface area contributed by atoms with Crippen LogP contribution in [-0.2, 0) is 23.0 Å². The first-order valence-electron chi connectivity index (χ1n) is 11.0. The number of benzene rings is 1. The van der Waals surface area contributed by atoms with E-state index in [1.807, 2.05) is 13.0 Å². The Morgan fingerprint density at radius 2 is 1.94 bits per heavy atom. The number of aromatic nitrogens is 4. The lowest BCUT2D eigenvalue weighted by atomic mass is 10.1. The van der Waals surface area contributed by atoms with Crippen molar-refractivity contribution in [1.82, 2.24) is 23.9 Å². The van der Waals surface area contributed by atoms with Crippen molar-refractivity contribution in [3.63, 3.8) is 0 Å². The van der Waals surface area contributed by atoms with E-state index in [9.17, 15) is 8.42 Å². The number of aryl methyl sites for hydroxylation is 2. The van der Waals surface area contributed by atoms with Crippen molar-refractivity contribution in [3.8, 4) is 17.0 Å². The van der Waals surface area contributed by atoms with Crippen LogP contribution in [-0.4, -0.2) is 53.5 Å². The molecule has 35 heavy (non-hydrogen) atoms. The third-order valence-electron chi connectivity index (χ3n) is 5.65. The van der Waals surface area contributed by atoms with Crippen LogP contribution in [0.4, 0.5) is 5.69 Å². The summed E-state index contributed by atoms with van der Waals surface area (Å²) in [7, 11) is 0.650. The molecule has 3 heterocycles. The zero-order chi connectivity index (χ0) is 25.3. The number of nitrogens with one attached hydrogen (secondary N) is 1. The fourth-order valence-corrected chi connectivity index (χ4v) is 5.07. The van der Waals surface area contributed by atoms with E-state index < -0.39 is 10.0 Å². The van der Waals surface area contributed by atoms with Crippen molar-refractivity contribution >= 4 is 33.0 Å². The van der Waals surface area contributed by atoms with E-state index in [-0.39, 0.29) is 15.8 Å². The summed E-state index contributed by atoms with van der Waals surface area (Å²) in [5, 5.41) is 8.14. The molecule has 4 rings (SSSR count). The maximum atomic E-state index is 12.9. The average molecular weight is 515 g/mol. The Labute approximate surface area is 209 Å². The highest BCUT2D eigenvalue weighted by Gasteiger charge is 2.25. The predicted molar refractivity (Wildman–Crippen MR) is 137 cm³/mol. The zero-order valence-corrected chi connectivity index (χ0v) is 21.8. The standard InChI is InChI=1S/C24H27ClN6O3S/c1-6-18-11-16(9-10-26-18)14-27-19-13-22(25)29-31-23(15(2)28-24(19)31)17-7-8-20(34-5)21(12-17)35(32,33)30(3)4/h7-13,27H,6,14H2,1-5H3. The third kappa shape index (κ3) is 4.82. The summed E-state index contributed by atoms with van der Waals surface area (Å²) in [4.78, 5) is 9.12. The number of nitrogens with zero attached hydrogens (tertiary/aromatic N) is 5. The Balaban J connectivity index is 1.80. The van der Waals surface area contributed by atoms with Gasteiger partial charge in [0, 0.05) is 44.2 Å². The smallest absolute Gasteiger partial charge is 0.246 e. The summed E-state index contributed by atoms with van der Waals surface area (Å²) < 4.78 is 34.0. The summed E-state index contributed by atoms with van der Waals surface area (Å²) >= 11 is 6.38. The minimum absolute atomic E-state index is 0.0571. The first-order valence-corrected chi connectivity index (χ1v) is 12.8. The van der Waals surface area contributed by atoms with E-state index in [0.717, 1.165) is 22.0 Å². The Morgan fingerprint density at radius 3 is 2.63 bits per heavy atom. The molecule has 184 valence electrons. The van der Waals surface area contributed by atoms with Crippen LogP contribution < -0.4 is 10.1 Å². The maximum Gasteiger partial charge on any atom is 0.246 e. The molecule has 9 nitrogen and oxygen atoms in total. The Bertz CT molecular complexity index is 1500. The fourth-order valence-electron chi connectivity index (χ4n) is 3.81. The van der Waals surface area contributed by atoms with Crippen LogP contribution in [0.2, 0.25) is 5.15 Å². The summed E-state index contributed by atoms with van der Waals surface area (Å²) in [5.74, 6) is 0.256. The lowest BCUT2D eigenvalue weighted by molar-refractivity contribution is 0.400. The van der Waals surface area contributed by atoms with Gasteiger partial charge in [0.2, 0.25) is 10.0 Å². The molecule has 3 aromatic heterocycles.